The Morgan fingerprint density at radius 1 is 0.500 bits per heavy atom. The molecule has 9 aromatic rings. The molecule has 4 aromatic carbocycles. The Labute approximate surface area is 522 Å². The standard InChI is InChI=1S/C27H28N6O6.C18H19N5O3S.C18H23N3O3/c1-27(2,3)20-14-21(33-39-20)30-25(35)29-18-11-9-17(10-12-18)28-24(34)16-7-6-8-19(13-16)38-26-31-22(36-4)15-23(32-26)37-5;1-18(2,3)14-8-15(23-26-14)22-17(25)21-12-6-4-11(5-7-12)20-16(24)13-9-27-10-19-13;1-18(2,3)15-10-16(21-24-15)20-17(22)19-13-6-8-14(9-7-13)23-11-12-4-5-12/h6-15H,1-5H3,(H,28,34)(H2,29,30,33,35);4-10H,1-3H3,(H,20,24)(H2,21,22,23,25);6-10,12H,4-5,11H2,1-3H3,(H2,19,20,21,22). The Morgan fingerprint density at radius 3 is 1.29 bits per heavy atom. The highest BCUT2D eigenvalue weighted by molar-refractivity contribution is 7.07. The zero-order chi connectivity index (χ0) is 64.6. The van der Waals surface area contributed by atoms with E-state index in [9.17, 15) is 24.0 Å². The van der Waals surface area contributed by atoms with Gasteiger partial charge in [0.2, 0.25) is 11.8 Å². The van der Waals surface area contributed by atoms with Crippen molar-refractivity contribution < 1.29 is 56.5 Å². The van der Waals surface area contributed by atoms with E-state index in [0.717, 1.165) is 18.1 Å². The van der Waals surface area contributed by atoms with Gasteiger partial charge in [-0.25, -0.2) is 19.4 Å². The highest BCUT2D eigenvalue weighted by Gasteiger charge is 2.24. The topological polar surface area (TPSA) is 335 Å². The molecular formula is C63H70N14O12S. The van der Waals surface area contributed by atoms with Gasteiger partial charge in [0.1, 0.15) is 34.5 Å². The number of ether oxygens (including phenoxy) is 4. The summed E-state index contributed by atoms with van der Waals surface area (Å²) < 4.78 is 37.3. The summed E-state index contributed by atoms with van der Waals surface area (Å²) in [4.78, 5) is 73.4. The minimum absolute atomic E-state index is 0.00841. The SMILES string of the molecule is CC(C)(C)c1cc(NC(=O)Nc2ccc(NC(=O)c3cscn3)cc2)no1.CC(C)(C)c1cc(NC(=O)Nc2ccc(OCC3CC3)cc2)no1.COc1cc(OC)nc(Oc2cccc(C(=O)Nc3ccc(NC(=O)Nc4cc(C(C)(C)C)on4)cc3)c2)n1. The minimum atomic E-state index is -0.477. The first-order valence-electron chi connectivity index (χ1n) is 28.2. The van der Waals surface area contributed by atoms with E-state index in [4.69, 9.17) is 32.5 Å². The van der Waals surface area contributed by atoms with Gasteiger partial charge < -0.3 is 59.1 Å². The van der Waals surface area contributed by atoms with E-state index in [2.05, 4.69) is 73.0 Å². The second-order valence-corrected chi connectivity index (χ2v) is 24.0. The largest absolute Gasteiger partial charge is 0.493 e. The quantitative estimate of drug-likeness (QED) is 0.0420. The highest BCUT2D eigenvalue weighted by atomic mass is 32.1. The van der Waals surface area contributed by atoms with Crippen molar-refractivity contribution in [3.63, 3.8) is 0 Å². The highest BCUT2D eigenvalue weighted by Crippen LogP contribution is 2.31. The maximum atomic E-state index is 12.8. The molecule has 26 nitrogen and oxygen atoms in total. The molecule has 0 aliphatic heterocycles. The van der Waals surface area contributed by atoms with E-state index in [1.165, 1.54) is 44.5 Å². The minimum Gasteiger partial charge on any atom is -0.493 e. The number of methoxy groups -OCH3 is 2. The smallest absolute Gasteiger partial charge is 0.328 e. The van der Waals surface area contributed by atoms with Gasteiger partial charge in [-0.15, -0.1) is 11.3 Å². The summed E-state index contributed by atoms with van der Waals surface area (Å²) in [6, 6.07) is 32.6. The van der Waals surface area contributed by atoms with Crippen molar-refractivity contribution in [3.8, 4) is 29.3 Å². The number of hydrogen-bond donors (Lipinski definition) is 8. The predicted octanol–water partition coefficient (Wildman–Crippen LogP) is 14.2. The lowest BCUT2D eigenvalue weighted by Gasteiger charge is -2.12. The summed E-state index contributed by atoms with van der Waals surface area (Å²) in [5.74, 6) is 4.88. The molecule has 0 spiro atoms. The number of carbonyl (C=O) groups excluding carboxylic acids is 5. The molecule has 5 aromatic heterocycles. The molecule has 5 heterocycles. The molecule has 0 atom stereocenters. The number of rotatable bonds is 17. The second kappa shape index (κ2) is 29.2. The monoisotopic (exact) mass is 1250 g/mol. The molecule has 1 fully saturated rings. The second-order valence-electron chi connectivity index (χ2n) is 23.3. The summed E-state index contributed by atoms with van der Waals surface area (Å²) in [7, 11) is 2.93. The molecule has 27 heteroatoms. The molecule has 1 saturated carbocycles. The van der Waals surface area contributed by atoms with Crippen molar-refractivity contribution in [2.45, 2.75) is 91.4 Å². The number of carbonyl (C=O) groups is 5. The van der Waals surface area contributed by atoms with Crippen molar-refractivity contribution in [3.05, 3.63) is 161 Å². The van der Waals surface area contributed by atoms with Gasteiger partial charge in [-0.05, 0) is 110 Å². The van der Waals surface area contributed by atoms with Crippen LogP contribution in [0, 0.1) is 5.92 Å². The van der Waals surface area contributed by atoms with Crippen LogP contribution < -0.4 is 61.5 Å². The fourth-order valence-electron chi connectivity index (χ4n) is 7.47. The molecule has 1 aliphatic rings. The maximum absolute atomic E-state index is 12.8. The summed E-state index contributed by atoms with van der Waals surface area (Å²) >= 11 is 1.35. The van der Waals surface area contributed by atoms with Gasteiger partial charge in [-0.2, -0.15) is 9.97 Å². The zero-order valence-corrected chi connectivity index (χ0v) is 52.2. The number of thiazole rings is 1. The first-order chi connectivity index (χ1) is 42.8. The van der Waals surface area contributed by atoms with Crippen molar-refractivity contribution in [1.29, 1.82) is 0 Å². The number of amides is 8. The number of anilines is 8. The van der Waals surface area contributed by atoms with Gasteiger partial charge in [-0.1, -0.05) is 83.8 Å². The lowest BCUT2D eigenvalue weighted by Crippen LogP contribution is -2.19. The summed E-state index contributed by atoms with van der Waals surface area (Å²) in [5, 5.41) is 34.8. The number of hydrogen-bond acceptors (Lipinski definition) is 19. The molecule has 0 bridgehead atoms. The van der Waals surface area contributed by atoms with Crippen LogP contribution in [0.5, 0.6) is 29.3 Å². The summed E-state index contributed by atoms with van der Waals surface area (Å²) in [5.41, 5.74) is 4.65. The molecule has 0 saturated heterocycles. The number of nitrogens with zero attached hydrogens (tertiary/aromatic N) is 6. The third kappa shape index (κ3) is 20.1. The van der Waals surface area contributed by atoms with Crippen LogP contribution in [0.25, 0.3) is 0 Å². The van der Waals surface area contributed by atoms with Crippen LogP contribution in [-0.4, -0.2) is 81.2 Å². The Balaban J connectivity index is 0.000000181. The van der Waals surface area contributed by atoms with Crippen molar-refractivity contribution >= 4 is 87.1 Å². The van der Waals surface area contributed by atoms with Gasteiger partial charge in [0.05, 0.1) is 32.4 Å². The van der Waals surface area contributed by atoms with E-state index in [1.807, 2.05) is 86.6 Å². The lowest BCUT2D eigenvalue weighted by molar-refractivity contribution is 0.101. The van der Waals surface area contributed by atoms with Crippen molar-refractivity contribution in [1.82, 2.24) is 30.4 Å². The fraction of sp³-hybridized carbons (Fsp3) is 0.286. The first kappa shape index (κ1) is 65.2. The van der Waals surface area contributed by atoms with Gasteiger partial charge in [0, 0.05) is 73.8 Å². The van der Waals surface area contributed by atoms with Gasteiger partial charge >= 0.3 is 24.1 Å². The van der Waals surface area contributed by atoms with Gasteiger partial charge in [0.15, 0.2) is 17.5 Å². The average Bonchev–Trinajstić information content (AvgIpc) is 2.92. The summed E-state index contributed by atoms with van der Waals surface area (Å²) in [6.07, 6.45) is 2.53. The normalized spacial score (nSPS) is 11.9. The van der Waals surface area contributed by atoms with Crippen LogP contribution in [-0.2, 0) is 16.2 Å². The van der Waals surface area contributed by atoms with Crippen LogP contribution in [0.3, 0.4) is 0 Å². The molecule has 470 valence electrons. The molecule has 90 heavy (non-hydrogen) atoms. The van der Waals surface area contributed by atoms with E-state index < -0.39 is 12.1 Å². The predicted molar refractivity (Wildman–Crippen MR) is 341 cm³/mol. The maximum Gasteiger partial charge on any atom is 0.328 e. The Hall–Kier alpha value is -10.8. The number of urea groups is 3. The van der Waals surface area contributed by atoms with Crippen molar-refractivity contribution in [2.75, 3.05) is 63.4 Å². The third-order valence-electron chi connectivity index (χ3n) is 12.6. The van der Waals surface area contributed by atoms with Crippen LogP contribution >= 0.6 is 11.3 Å². The van der Waals surface area contributed by atoms with Crippen LogP contribution in [0.1, 0.15) is 113 Å². The number of nitrogens with one attached hydrogen (secondary N) is 8. The molecule has 10 rings (SSSR count). The summed E-state index contributed by atoms with van der Waals surface area (Å²) in [6.45, 7) is 18.8. The number of aromatic nitrogens is 6. The Bertz CT molecular complexity index is 3840. The van der Waals surface area contributed by atoms with Crippen molar-refractivity contribution in [2.24, 2.45) is 5.92 Å². The molecule has 8 N–H and O–H groups in total. The molecule has 0 radical (unpaired) electrons. The molecular weight excluding hydrogens is 1180 g/mol. The average molecular weight is 1250 g/mol. The van der Waals surface area contributed by atoms with Gasteiger partial charge in [0.25, 0.3) is 11.8 Å². The zero-order valence-electron chi connectivity index (χ0n) is 51.4. The molecule has 8 amide bonds. The van der Waals surface area contributed by atoms with Gasteiger partial charge in [-0.3, -0.25) is 25.5 Å². The van der Waals surface area contributed by atoms with Crippen LogP contribution in [0.15, 0.2) is 146 Å². The number of benzene rings is 4. The fourth-order valence-corrected chi connectivity index (χ4v) is 8.01. The third-order valence-corrected chi connectivity index (χ3v) is 13.2. The van der Waals surface area contributed by atoms with E-state index in [0.29, 0.717) is 80.3 Å². The Kier molecular flexibility index (Phi) is 21.2. The van der Waals surface area contributed by atoms with Crippen LogP contribution in [0.2, 0.25) is 0 Å². The molecule has 0 unspecified atom stereocenters. The lowest BCUT2D eigenvalue weighted by atomic mass is 9.93. The van der Waals surface area contributed by atoms with Crippen LogP contribution in [0.4, 0.5) is 60.3 Å². The van der Waals surface area contributed by atoms with E-state index >= 15 is 0 Å². The molecule has 1 aliphatic carbocycles. The van der Waals surface area contributed by atoms with E-state index in [-0.39, 0.29) is 51.9 Å². The first-order valence-corrected chi connectivity index (χ1v) is 29.1. The van der Waals surface area contributed by atoms with E-state index in [1.54, 1.807) is 102 Å². The Morgan fingerprint density at radius 2 is 0.911 bits per heavy atom.